The van der Waals surface area contributed by atoms with Crippen LogP contribution in [0.3, 0.4) is 0 Å². The van der Waals surface area contributed by atoms with E-state index in [9.17, 15) is 8.42 Å². The quantitative estimate of drug-likeness (QED) is 0.776. The van der Waals surface area contributed by atoms with Crippen molar-refractivity contribution in [2.75, 3.05) is 17.0 Å². The molecule has 0 amide bonds. The van der Waals surface area contributed by atoms with E-state index in [-0.39, 0.29) is 5.75 Å². The van der Waals surface area contributed by atoms with Crippen molar-refractivity contribution in [3.63, 3.8) is 0 Å². The first kappa shape index (κ1) is 13.4. The Kier molecular flexibility index (Phi) is 5.17. The lowest BCUT2D eigenvalue weighted by Crippen LogP contribution is -2.18. The molecular weight excluding hydrogens is 294 g/mol. The van der Waals surface area contributed by atoms with Gasteiger partial charge in [0.25, 0.3) is 0 Å². The summed E-state index contributed by atoms with van der Waals surface area (Å²) in [5, 5.41) is 0. The van der Waals surface area contributed by atoms with Gasteiger partial charge in [-0.3, -0.25) is 4.72 Å². The predicted octanol–water partition coefficient (Wildman–Crippen LogP) is 1.32. The van der Waals surface area contributed by atoms with Crippen LogP contribution < -0.4 is 10.5 Å². The lowest BCUT2D eigenvalue weighted by atomic mass is 10.3. The average Bonchev–Trinajstić information content (AvgIpc) is 2.21. The second-order valence-corrected chi connectivity index (χ2v) is 6.04. The molecular formula is C9H14BrN3O2S. The third-order valence-corrected chi connectivity index (χ3v) is 3.67. The number of hydrogen-bond acceptors (Lipinski definition) is 4. The number of anilines is 1. The highest BCUT2D eigenvalue weighted by Crippen LogP contribution is 2.12. The van der Waals surface area contributed by atoms with Gasteiger partial charge < -0.3 is 5.73 Å². The normalized spacial score (nSPS) is 11.4. The molecule has 0 saturated heterocycles. The van der Waals surface area contributed by atoms with Crippen molar-refractivity contribution in [3.8, 4) is 0 Å². The minimum atomic E-state index is -3.30. The lowest BCUT2D eigenvalue weighted by molar-refractivity contribution is 0.597. The van der Waals surface area contributed by atoms with Crippen molar-refractivity contribution >= 4 is 31.8 Å². The Morgan fingerprint density at radius 3 is 2.69 bits per heavy atom. The maximum Gasteiger partial charge on any atom is 0.233 e. The van der Waals surface area contributed by atoms with Crippen molar-refractivity contribution in [2.24, 2.45) is 5.73 Å². The highest BCUT2D eigenvalue weighted by Gasteiger charge is 2.10. The molecule has 0 aromatic carbocycles. The van der Waals surface area contributed by atoms with Gasteiger partial charge in [0.1, 0.15) is 5.82 Å². The molecule has 0 aliphatic heterocycles. The Hall–Kier alpha value is -0.660. The van der Waals surface area contributed by atoms with E-state index in [4.69, 9.17) is 5.73 Å². The molecule has 0 radical (unpaired) electrons. The summed E-state index contributed by atoms with van der Waals surface area (Å²) in [4.78, 5) is 3.93. The minimum absolute atomic E-state index is 0.0714. The first-order chi connectivity index (χ1) is 7.53. The van der Waals surface area contributed by atoms with Gasteiger partial charge in [-0.05, 0) is 47.4 Å². The minimum Gasteiger partial charge on any atom is -0.330 e. The van der Waals surface area contributed by atoms with Crippen LogP contribution in [0.4, 0.5) is 5.82 Å². The Morgan fingerprint density at radius 2 is 2.12 bits per heavy atom. The van der Waals surface area contributed by atoms with Crippen LogP contribution in [0.1, 0.15) is 12.8 Å². The zero-order chi connectivity index (χ0) is 12.0. The topological polar surface area (TPSA) is 85.1 Å². The third kappa shape index (κ3) is 4.91. The molecule has 0 bridgehead atoms. The van der Waals surface area contributed by atoms with Crippen LogP contribution in [-0.2, 0) is 10.0 Å². The molecule has 0 atom stereocenters. The van der Waals surface area contributed by atoms with E-state index in [0.29, 0.717) is 25.2 Å². The highest BCUT2D eigenvalue weighted by molar-refractivity contribution is 9.10. The van der Waals surface area contributed by atoms with Gasteiger partial charge in [0.05, 0.1) is 5.75 Å². The standard InChI is InChI=1S/C9H14BrN3O2S/c10-8-3-4-9(12-7-8)13-16(14,15)6-2-1-5-11/h3-4,7H,1-2,5-6,11H2,(H,12,13). The molecule has 7 heteroatoms. The van der Waals surface area contributed by atoms with E-state index in [1.165, 1.54) is 6.20 Å². The van der Waals surface area contributed by atoms with Crippen molar-refractivity contribution in [1.82, 2.24) is 4.98 Å². The van der Waals surface area contributed by atoms with Crippen LogP contribution in [0, 0.1) is 0 Å². The summed E-state index contributed by atoms with van der Waals surface area (Å²) in [6, 6.07) is 3.33. The second-order valence-electron chi connectivity index (χ2n) is 3.28. The number of sulfonamides is 1. The number of nitrogens with one attached hydrogen (secondary N) is 1. The Bertz CT molecular complexity index is 419. The molecule has 1 rings (SSSR count). The Morgan fingerprint density at radius 1 is 1.38 bits per heavy atom. The molecule has 16 heavy (non-hydrogen) atoms. The molecule has 0 aliphatic rings. The molecule has 0 saturated carbocycles. The van der Waals surface area contributed by atoms with Crippen molar-refractivity contribution in [3.05, 3.63) is 22.8 Å². The van der Waals surface area contributed by atoms with Crippen LogP contribution >= 0.6 is 15.9 Å². The van der Waals surface area contributed by atoms with Crippen LogP contribution in [0.25, 0.3) is 0 Å². The Labute approximate surface area is 104 Å². The number of aromatic nitrogens is 1. The van der Waals surface area contributed by atoms with Gasteiger partial charge in [0.15, 0.2) is 0 Å². The summed E-state index contributed by atoms with van der Waals surface area (Å²) in [7, 11) is -3.30. The van der Waals surface area contributed by atoms with Crippen LogP contribution in [-0.4, -0.2) is 25.7 Å². The summed E-state index contributed by atoms with van der Waals surface area (Å²) in [5.41, 5.74) is 5.29. The monoisotopic (exact) mass is 307 g/mol. The zero-order valence-electron chi connectivity index (χ0n) is 8.69. The first-order valence-electron chi connectivity index (χ1n) is 4.85. The maximum absolute atomic E-state index is 11.6. The van der Waals surface area contributed by atoms with E-state index < -0.39 is 10.0 Å². The maximum atomic E-state index is 11.6. The number of unbranched alkanes of at least 4 members (excludes halogenated alkanes) is 1. The number of rotatable bonds is 6. The van der Waals surface area contributed by atoms with Crippen molar-refractivity contribution < 1.29 is 8.42 Å². The number of nitrogens with two attached hydrogens (primary N) is 1. The van der Waals surface area contributed by atoms with Gasteiger partial charge >= 0.3 is 0 Å². The second kappa shape index (κ2) is 6.17. The largest absolute Gasteiger partial charge is 0.330 e. The molecule has 1 heterocycles. The summed E-state index contributed by atoms with van der Waals surface area (Å²) in [5.74, 6) is 0.401. The van der Waals surface area contributed by atoms with Crippen LogP contribution in [0.2, 0.25) is 0 Å². The van der Waals surface area contributed by atoms with Crippen LogP contribution in [0.5, 0.6) is 0 Å². The molecule has 5 nitrogen and oxygen atoms in total. The van der Waals surface area contributed by atoms with E-state index >= 15 is 0 Å². The number of hydrogen-bond donors (Lipinski definition) is 2. The summed E-state index contributed by atoms with van der Waals surface area (Å²) < 4.78 is 26.3. The molecule has 0 unspecified atom stereocenters. The van der Waals surface area contributed by atoms with Gasteiger partial charge in [0, 0.05) is 10.7 Å². The number of halogens is 1. The van der Waals surface area contributed by atoms with Gasteiger partial charge in [-0.25, -0.2) is 13.4 Å². The van der Waals surface area contributed by atoms with E-state index in [2.05, 4.69) is 25.6 Å². The smallest absolute Gasteiger partial charge is 0.233 e. The predicted molar refractivity (Wildman–Crippen MR) is 67.6 cm³/mol. The molecule has 1 aromatic rings. The Balaban J connectivity index is 2.55. The fraction of sp³-hybridized carbons (Fsp3) is 0.444. The molecule has 0 fully saturated rings. The summed E-state index contributed by atoms with van der Waals surface area (Å²) >= 11 is 3.22. The number of nitrogens with zero attached hydrogens (tertiary/aromatic N) is 1. The van der Waals surface area contributed by atoms with Gasteiger partial charge in [-0.2, -0.15) is 0 Å². The van der Waals surface area contributed by atoms with E-state index in [0.717, 1.165) is 4.47 Å². The molecule has 0 aliphatic carbocycles. The van der Waals surface area contributed by atoms with Gasteiger partial charge in [0.2, 0.25) is 10.0 Å². The first-order valence-corrected chi connectivity index (χ1v) is 7.30. The molecule has 1 aromatic heterocycles. The average molecular weight is 308 g/mol. The SMILES string of the molecule is NCCCCS(=O)(=O)Nc1ccc(Br)cn1. The lowest BCUT2D eigenvalue weighted by Gasteiger charge is -2.06. The zero-order valence-corrected chi connectivity index (χ0v) is 11.1. The number of pyridine rings is 1. The van der Waals surface area contributed by atoms with Crippen LogP contribution in [0.15, 0.2) is 22.8 Å². The summed E-state index contributed by atoms with van der Waals surface area (Å²) in [6.45, 7) is 0.506. The van der Waals surface area contributed by atoms with Gasteiger partial charge in [-0.15, -0.1) is 0 Å². The summed E-state index contributed by atoms with van der Waals surface area (Å²) in [6.07, 6.45) is 2.80. The van der Waals surface area contributed by atoms with Crippen molar-refractivity contribution in [1.29, 1.82) is 0 Å². The fourth-order valence-electron chi connectivity index (χ4n) is 1.08. The van der Waals surface area contributed by atoms with E-state index in [1.807, 2.05) is 0 Å². The fourth-order valence-corrected chi connectivity index (χ4v) is 2.44. The third-order valence-electron chi connectivity index (χ3n) is 1.85. The molecule has 0 spiro atoms. The molecule has 3 N–H and O–H groups in total. The van der Waals surface area contributed by atoms with E-state index in [1.54, 1.807) is 12.1 Å². The highest BCUT2D eigenvalue weighted by atomic mass is 79.9. The van der Waals surface area contributed by atoms with Crippen molar-refractivity contribution in [2.45, 2.75) is 12.8 Å². The van der Waals surface area contributed by atoms with Gasteiger partial charge in [-0.1, -0.05) is 0 Å². The molecule has 90 valence electrons.